The minimum Gasteiger partial charge on any atom is -0.497 e. The largest absolute Gasteiger partial charge is 0.497 e. The molecule has 0 spiro atoms. The minimum atomic E-state index is -0.493. The standard InChI is InChI=1S/C12H15N3O3/c1-7(13)11-14-10(12(16)18-3)9-6-8(17-2)4-5-15(9)11/h4-7H,13H2,1-3H3. The number of esters is 1. The van der Waals surface area contributed by atoms with Crippen molar-refractivity contribution in [2.24, 2.45) is 5.73 Å². The molecule has 0 aromatic carbocycles. The van der Waals surface area contributed by atoms with E-state index in [0.717, 1.165) is 0 Å². The summed E-state index contributed by atoms with van der Waals surface area (Å²) in [4.78, 5) is 15.9. The minimum absolute atomic E-state index is 0.240. The Morgan fingerprint density at radius 2 is 2.22 bits per heavy atom. The zero-order chi connectivity index (χ0) is 13.3. The van der Waals surface area contributed by atoms with E-state index in [2.05, 4.69) is 4.98 Å². The van der Waals surface area contributed by atoms with Crippen molar-refractivity contribution in [2.45, 2.75) is 13.0 Å². The highest BCUT2D eigenvalue weighted by Crippen LogP contribution is 2.22. The molecule has 0 aliphatic carbocycles. The third-order valence-corrected chi connectivity index (χ3v) is 2.66. The van der Waals surface area contributed by atoms with Crippen LogP contribution in [0.2, 0.25) is 0 Å². The van der Waals surface area contributed by atoms with Gasteiger partial charge >= 0.3 is 5.97 Å². The number of imidazole rings is 1. The first-order valence-corrected chi connectivity index (χ1v) is 5.48. The average Bonchev–Trinajstić information content (AvgIpc) is 2.76. The second kappa shape index (κ2) is 4.66. The number of hydrogen-bond donors (Lipinski definition) is 1. The molecule has 0 bridgehead atoms. The van der Waals surface area contributed by atoms with Gasteiger partial charge < -0.3 is 19.6 Å². The fourth-order valence-electron chi connectivity index (χ4n) is 1.78. The lowest BCUT2D eigenvalue weighted by atomic mass is 10.3. The van der Waals surface area contributed by atoms with Crippen molar-refractivity contribution in [1.29, 1.82) is 0 Å². The highest BCUT2D eigenvalue weighted by Gasteiger charge is 2.20. The molecule has 2 N–H and O–H groups in total. The predicted molar refractivity (Wildman–Crippen MR) is 65.7 cm³/mol. The maximum atomic E-state index is 11.7. The van der Waals surface area contributed by atoms with Gasteiger partial charge in [-0.25, -0.2) is 9.78 Å². The normalized spacial score (nSPS) is 12.4. The van der Waals surface area contributed by atoms with Gasteiger partial charge in [-0.15, -0.1) is 0 Å². The molecule has 6 heteroatoms. The Hall–Kier alpha value is -2.08. The summed E-state index contributed by atoms with van der Waals surface area (Å²) in [6.45, 7) is 1.81. The number of aromatic nitrogens is 2. The monoisotopic (exact) mass is 249 g/mol. The molecular weight excluding hydrogens is 234 g/mol. The maximum absolute atomic E-state index is 11.7. The topological polar surface area (TPSA) is 78.8 Å². The fraction of sp³-hybridized carbons (Fsp3) is 0.333. The Labute approximate surface area is 104 Å². The number of hydrogen-bond acceptors (Lipinski definition) is 5. The molecule has 0 saturated heterocycles. The third-order valence-electron chi connectivity index (χ3n) is 2.66. The zero-order valence-corrected chi connectivity index (χ0v) is 10.5. The molecule has 2 heterocycles. The quantitative estimate of drug-likeness (QED) is 0.825. The second-order valence-electron chi connectivity index (χ2n) is 3.92. The number of pyridine rings is 1. The van der Waals surface area contributed by atoms with E-state index < -0.39 is 5.97 Å². The molecule has 0 aliphatic rings. The second-order valence-corrected chi connectivity index (χ2v) is 3.92. The van der Waals surface area contributed by atoms with Gasteiger partial charge in [0.1, 0.15) is 11.6 Å². The predicted octanol–water partition coefficient (Wildman–Crippen LogP) is 1.15. The molecule has 1 unspecified atom stereocenters. The number of nitrogens with two attached hydrogens (primary N) is 1. The summed E-state index contributed by atoms with van der Waals surface area (Å²) < 4.78 is 11.6. The van der Waals surface area contributed by atoms with E-state index in [-0.39, 0.29) is 11.7 Å². The molecule has 6 nitrogen and oxygen atoms in total. The van der Waals surface area contributed by atoms with Crippen molar-refractivity contribution in [1.82, 2.24) is 9.38 Å². The summed E-state index contributed by atoms with van der Waals surface area (Å²) in [5.74, 6) is 0.754. The molecule has 0 aliphatic heterocycles. The maximum Gasteiger partial charge on any atom is 0.358 e. The van der Waals surface area contributed by atoms with Crippen LogP contribution in [-0.4, -0.2) is 29.6 Å². The van der Waals surface area contributed by atoms with Gasteiger partial charge in [0.05, 0.1) is 25.8 Å². The van der Waals surface area contributed by atoms with Crippen LogP contribution in [0.25, 0.3) is 5.52 Å². The molecule has 2 rings (SSSR count). The van der Waals surface area contributed by atoms with Gasteiger partial charge in [0.15, 0.2) is 5.69 Å². The number of nitrogens with zero attached hydrogens (tertiary/aromatic N) is 2. The van der Waals surface area contributed by atoms with E-state index in [9.17, 15) is 4.79 Å². The number of fused-ring (bicyclic) bond motifs is 1. The molecular formula is C12H15N3O3. The Kier molecular flexibility index (Phi) is 3.20. The summed E-state index contributed by atoms with van der Waals surface area (Å²) in [6, 6.07) is 3.22. The van der Waals surface area contributed by atoms with Crippen LogP contribution in [0.4, 0.5) is 0 Å². The van der Waals surface area contributed by atoms with Gasteiger partial charge in [0.2, 0.25) is 0 Å². The van der Waals surface area contributed by atoms with Crippen LogP contribution in [0, 0.1) is 0 Å². The summed E-state index contributed by atoms with van der Waals surface area (Å²) in [7, 11) is 2.88. The molecule has 2 aromatic rings. The summed E-state index contributed by atoms with van der Waals surface area (Å²) in [6.07, 6.45) is 1.77. The van der Waals surface area contributed by atoms with Gasteiger partial charge in [0, 0.05) is 12.3 Å². The van der Waals surface area contributed by atoms with E-state index in [4.69, 9.17) is 15.2 Å². The van der Waals surface area contributed by atoms with Gasteiger partial charge in [-0.1, -0.05) is 0 Å². The van der Waals surface area contributed by atoms with E-state index in [1.807, 2.05) is 0 Å². The Balaban J connectivity index is 2.72. The summed E-state index contributed by atoms with van der Waals surface area (Å²) in [5, 5.41) is 0. The van der Waals surface area contributed by atoms with Crippen molar-refractivity contribution < 1.29 is 14.3 Å². The highest BCUT2D eigenvalue weighted by atomic mass is 16.5. The number of carbonyl (C=O) groups is 1. The van der Waals surface area contributed by atoms with Gasteiger partial charge in [-0.05, 0) is 13.0 Å². The van der Waals surface area contributed by atoms with Crippen LogP contribution in [0.5, 0.6) is 5.75 Å². The number of carbonyl (C=O) groups excluding carboxylic acids is 1. The Morgan fingerprint density at radius 3 is 2.78 bits per heavy atom. The van der Waals surface area contributed by atoms with Crippen LogP contribution in [0.3, 0.4) is 0 Å². The Bertz CT molecular complexity index is 590. The smallest absolute Gasteiger partial charge is 0.358 e. The first kappa shape index (κ1) is 12.4. The summed E-state index contributed by atoms with van der Waals surface area (Å²) >= 11 is 0. The number of ether oxygens (including phenoxy) is 2. The molecule has 1 atom stereocenters. The average molecular weight is 249 g/mol. The zero-order valence-electron chi connectivity index (χ0n) is 10.5. The molecule has 0 amide bonds. The number of methoxy groups -OCH3 is 2. The van der Waals surface area contributed by atoms with Crippen LogP contribution in [-0.2, 0) is 4.74 Å². The van der Waals surface area contributed by atoms with Crippen LogP contribution in [0.1, 0.15) is 29.3 Å². The van der Waals surface area contributed by atoms with Gasteiger partial charge in [-0.3, -0.25) is 0 Å². The van der Waals surface area contributed by atoms with E-state index in [1.165, 1.54) is 7.11 Å². The lowest BCUT2D eigenvalue weighted by molar-refractivity contribution is 0.0597. The molecule has 96 valence electrons. The molecule has 0 radical (unpaired) electrons. The van der Waals surface area contributed by atoms with Crippen molar-refractivity contribution in [3.63, 3.8) is 0 Å². The lowest BCUT2D eigenvalue weighted by Gasteiger charge is -2.05. The lowest BCUT2D eigenvalue weighted by Crippen LogP contribution is -2.09. The van der Waals surface area contributed by atoms with E-state index in [0.29, 0.717) is 17.1 Å². The van der Waals surface area contributed by atoms with Crippen molar-refractivity contribution in [2.75, 3.05) is 14.2 Å². The van der Waals surface area contributed by atoms with E-state index >= 15 is 0 Å². The van der Waals surface area contributed by atoms with E-state index in [1.54, 1.807) is 36.8 Å². The van der Waals surface area contributed by atoms with Crippen LogP contribution in [0.15, 0.2) is 18.3 Å². The molecule has 0 fully saturated rings. The van der Waals surface area contributed by atoms with Crippen LogP contribution >= 0.6 is 0 Å². The van der Waals surface area contributed by atoms with Crippen LogP contribution < -0.4 is 10.5 Å². The Morgan fingerprint density at radius 1 is 1.50 bits per heavy atom. The molecule has 18 heavy (non-hydrogen) atoms. The fourth-order valence-corrected chi connectivity index (χ4v) is 1.78. The molecule has 2 aromatic heterocycles. The number of rotatable bonds is 3. The molecule has 0 saturated carbocycles. The van der Waals surface area contributed by atoms with Gasteiger partial charge in [-0.2, -0.15) is 0 Å². The van der Waals surface area contributed by atoms with Crippen molar-refractivity contribution in [3.05, 3.63) is 29.8 Å². The SMILES string of the molecule is COC(=O)c1nc(C(C)N)n2ccc(OC)cc12. The first-order valence-electron chi connectivity index (χ1n) is 5.48. The highest BCUT2D eigenvalue weighted by molar-refractivity contribution is 5.95. The summed E-state index contributed by atoms with van der Waals surface area (Å²) in [5.41, 5.74) is 6.70. The van der Waals surface area contributed by atoms with Crippen molar-refractivity contribution >= 4 is 11.5 Å². The third kappa shape index (κ3) is 1.91. The first-order chi connectivity index (χ1) is 8.58. The van der Waals surface area contributed by atoms with Gasteiger partial charge in [0.25, 0.3) is 0 Å². The van der Waals surface area contributed by atoms with Crippen molar-refractivity contribution in [3.8, 4) is 5.75 Å².